The summed E-state index contributed by atoms with van der Waals surface area (Å²) in [7, 11) is 0. The van der Waals surface area contributed by atoms with Crippen LogP contribution in [-0.4, -0.2) is 28.9 Å². The molecule has 0 heterocycles. The molecule has 0 fully saturated rings. The highest BCUT2D eigenvalue weighted by molar-refractivity contribution is 9.10. The molecule has 0 atom stereocenters. The molecule has 26 heavy (non-hydrogen) atoms. The van der Waals surface area contributed by atoms with Crippen LogP contribution in [0.25, 0.3) is 10.8 Å². The van der Waals surface area contributed by atoms with E-state index in [9.17, 15) is 15.0 Å². The second kappa shape index (κ2) is 7.88. The number of nitrogens with one attached hydrogen (secondary N) is 1. The second-order valence-electron chi connectivity index (χ2n) is 5.42. The number of hydrazone groups is 1. The van der Waals surface area contributed by atoms with Gasteiger partial charge in [0.05, 0.1) is 10.7 Å². The highest BCUT2D eigenvalue weighted by Gasteiger charge is 2.08. The molecule has 0 saturated carbocycles. The van der Waals surface area contributed by atoms with Crippen molar-refractivity contribution in [2.24, 2.45) is 5.10 Å². The number of benzene rings is 3. The van der Waals surface area contributed by atoms with Crippen LogP contribution in [0.15, 0.2) is 64.2 Å². The maximum atomic E-state index is 11.9. The van der Waals surface area contributed by atoms with E-state index in [4.69, 9.17) is 4.74 Å². The minimum Gasteiger partial charge on any atom is -0.508 e. The quantitative estimate of drug-likeness (QED) is 0.439. The van der Waals surface area contributed by atoms with Gasteiger partial charge < -0.3 is 14.9 Å². The third kappa shape index (κ3) is 4.12. The monoisotopic (exact) mass is 414 g/mol. The van der Waals surface area contributed by atoms with Crippen molar-refractivity contribution in [2.75, 3.05) is 6.61 Å². The number of rotatable bonds is 5. The van der Waals surface area contributed by atoms with Crippen LogP contribution in [0.2, 0.25) is 0 Å². The lowest BCUT2D eigenvalue weighted by Crippen LogP contribution is -2.24. The first-order valence-corrected chi connectivity index (χ1v) is 8.48. The van der Waals surface area contributed by atoms with Gasteiger partial charge in [0.1, 0.15) is 17.2 Å². The summed E-state index contributed by atoms with van der Waals surface area (Å²) < 4.78 is 6.31. The highest BCUT2D eigenvalue weighted by Crippen LogP contribution is 2.32. The summed E-state index contributed by atoms with van der Waals surface area (Å²) in [5, 5.41) is 24.7. The van der Waals surface area contributed by atoms with Crippen LogP contribution in [-0.2, 0) is 4.79 Å². The average molecular weight is 415 g/mol. The molecule has 0 aromatic heterocycles. The predicted octanol–water partition coefficient (Wildman–Crippen LogP) is 3.54. The maximum Gasteiger partial charge on any atom is 0.277 e. The molecule has 6 nitrogen and oxygen atoms in total. The maximum absolute atomic E-state index is 11.9. The molecule has 3 N–H and O–H groups in total. The fourth-order valence-corrected chi connectivity index (χ4v) is 2.92. The van der Waals surface area contributed by atoms with E-state index in [0.717, 1.165) is 15.2 Å². The fourth-order valence-electron chi connectivity index (χ4n) is 2.32. The van der Waals surface area contributed by atoms with Crippen molar-refractivity contribution in [1.82, 2.24) is 5.43 Å². The molecule has 0 radical (unpaired) electrons. The highest BCUT2D eigenvalue weighted by atomic mass is 79.9. The number of amides is 1. The topological polar surface area (TPSA) is 91.2 Å². The first-order chi connectivity index (χ1) is 12.5. The molecule has 132 valence electrons. The van der Waals surface area contributed by atoms with Gasteiger partial charge in [0.25, 0.3) is 5.91 Å². The number of carbonyl (C=O) groups is 1. The Hall–Kier alpha value is -3.06. The molecule has 0 unspecified atom stereocenters. The number of phenolic OH excluding ortho intramolecular Hbond substituents is 2. The van der Waals surface area contributed by atoms with Gasteiger partial charge in [-0.15, -0.1) is 0 Å². The summed E-state index contributed by atoms with van der Waals surface area (Å²) in [6.07, 6.45) is 1.28. The van der Waals surface area contributed by atoms with Crippen LogP contribution in [0.3, 0.4) is 0 Å². The SMILES string of the molecule is O=C(COc1ccc2ccccc2c1Br)NN=Cc1ccc(O)cc1O. The van der Waals surface area contributed by atoms with Crippen LogP contribution >= 0.6 is 15.9 Å². The summed E-state index contributed by atoms with van der Waals surface area (Å²) in [6.45, 7) is -0.212. The van der Waals surface area contributed by atoms with Gasteiger partial charge in [-0.25, -0.2) is 5.43 Å². The fraction of sp³-hybridized carbons (Fsp3) is 0.0526. The van der Waals surface area contributed by atoms with Crippen molar-refractivity contribution in [3.05, 3.63) is 64.6 Å². The van der Waals surface area contributed by atoms with Crippen LogP contribution in [0.1, 0.15) is 5.56 Å². The molecule has 0 spiro atoms. The first kappa shape index (κ1) is 17.8. The van der Waals surface area contributed by atoms with E-state index in [1.54, 1.807) is 6.07 Å². The molecule has 1 amide bonds. The number of hydrogen-bond donors (Lipinski definition) is 3. The molecular weight excluding hydrogens is 400 g/mol. The van der Waals surface area contributed by atoms with Crippen LogP contribution in [0.5, 0.6) is 17.2 Å². The van der Waals surface area contributed by atoms with E-state index in [1.807, 2.05) is 30.3 Å². The molecule has 3 aromatic carbocycles. The lowest BCUT2D eigenvalue weighted by atomic mass is 10.1. The Morgan fingerprint density at radius 1 is 1.15 bits per heavy atom. The summed E-state index contributed by atoms with van der Waals surface area (Å²) in [4.78, 5) is 11.9. The molecule has 0 aliphatic rings. The van der Waals surface area contributed by atoms with Crippen LogP contribution in [0.4, 0.5) is 0 Å². The normalized spacial score (nSPS) is 11.0. The summed E-state index contributed by atoms with van der Waals surface area (Å²) >= 11 is 3.49. The van der Waals surface area contributed by atoms with Gasteiger partial charge in [-0.3, -0.25) is 4.79 Å². The molecule has 0 saturated heterocycles. The molecule has 3 aromatic rings. The van der Waals surface area contributed by atoms with E-state index in [2.05, 4.69) is 26.5 Å². The van der Waals surface area contributed by atoms with E-state index >= 15 is 0 Å². The molecule has 3 rings (SSSR count). The van der Waals surface area contributed by atoms with Crippen LogP contribution in [0, 0.1) is 0 Å². The lowest BCUT2D eigenvalue weighted by Gasteiger charge is -2.09. The van der Waals surface area contributed by atoms with Gasteiger partial charge in [-0.1, -0.05) is 30.3 Å². The molecule has 0 aliphatic heterocycles. The number of halogens is 1. The molecule has 0 aliphatic carbocycles. The lowest BCUT2D eigenvalue weighted by molar-refractivity contribution is -0.123. The van der Waals surface area contributed by atoms with Gasteiger partial charge in [-0.05, 0) is 44.9 Å². The van der Waals surface area contributed by atoms with Gasteiger partial charge in [0.2, 0.25) is 0 Å². The van der Waals surface area contributed by atoms with Crippen molar-refractivity contribution in [2.45, 2.75) is 0 Å². The minimum absolute atomic E-state index is 0.0574. The number of phenols is 2. The van der Waals surface area contributed by atoms with E-state index in [0.29, 0.717) is 11.3 Å². The minimum atomic E-state index is -0.445. The predicted molar refractivity (Wildman–Crippen MR) is 103 cm³/mol. The Bertz CT molecular complexity index is 988. The van der Waals surface area contributed by atoms with Gasteiger partial charge in [0, 0.05) is 11.6 Å². The Labute approximate surface area is 157 Å². The van der Waals surface area contributed by atoms with Crippen LogP contribution < -0.4 is 10.2 Å². The Morgan fingerprint density at radius 3 is 2.77 bits per heavy atom. The van der Waals surface area contributed by atoms with Crippen molar-refractivity contribution < 1.29 is 19.7 Å². The zero-order valence-corrected chi connectivity index (χ0v) is 15.1. The Morgan fingerprint density at radius 2 is 1.96 bits per heavy atom. The zero-order valence-electron chi connectivity index (χ0n) is 13.5. The zero-order chi connectivity index (χ0) is 18.5. The number of fused-ring (bicyclic) bond motifs is 1. The molecule has 7 heteroatoms. The first-order valence-electron chi connectivity index (χ1n) is 7.68. The van der Waals surface area contributed by atoms with Crippen molar-refractivity contribution in [1.29, 1.82) is 0 Å². The Balaban J connectivity index is 1.59. The standard InChI is InChI=1S/C19H15BrN2O4/c20-19-15-4-2-1-3-12(15)6-8-17(19)26-11-18(25)22-21-10-13-5-7-14(23)9-16(13)24/h1-10,23-24H,11H2,(H,22,25). The smallest absolute Gasteiger partial charge is 0.277 e. The van der Waals surface area contributed by atoms with Crippen molar-refractivity contribution in [3.63, 3.8) is 0 Å². The van der Waals surface area contributed by atoms with Crippen molar-refractivity contribution in [3.8, 4) is 17.2 Å². The summed E-state index contributed by atoms with van der Waals surface area (Å²) in [5.74, 6) is -0.0871. The van der Waals surface area contributed by atoms with E-state index < -0.39 is 5.91 Å². The number of nitrogens with zero attached hydrogens (tertiary/aromatic N) is 1. The summed E-state index contributed by atoms with van der Waals surface area (Å²) in [5.41, 5.74) is 2.68. The summed E-state index contributed by atoms with van der Waals surface area (Å²) in [6, 6.07) is 15.6. The van der Waals surface area contributed by atoms with Gasteiger partial charge >= 0.3 is 0 Å². The van der Waals surface area contributed by atoms with E-state index in [-0.39, 0.29) is 18.1 Å². The largest absolute Gasteiger partial charge is 0.508 e. The third-order valence-electron chi connectivity index (χ3n) is 3.59. The van der Waals surface area contributed by atoms with E-state index in [1.165, 1.54) is 24.4 Å². The third-order valence-corrected chi connectivity index (χ3v) is 4.41. The van der Waals surface area contributed by atoms with Crippen molar-refractivity contribution >= 4 is 38.8 Å². The molecular formula is C19H15BrN2O4. The average Bonchev–Trinajstić information content (AvgIpc) is 2.63. The number of carbonyl (C=O) groups excluding carboxylic acids is 1. The van der Waals surface area contributed by atoms with Gasteiger partial charge in [0.15, 0.2) is 6.61 Å². The number of hydrogen-bond acceptors (Lipinski definition) is 5. The second-order valence-corrected chi connectivity index (χ2v) is 6.22. The van der Waals surface area contributed by atoms with Gasteiger partial charge in [-0.2, -0.15) is 5.10 Å². The number of ether oxygens (including phenoxy) is 1. The number of aromatic hydroxyl groups is 2. The molecule has 0 bridgehead atoms. The Kier molecular flexibility index (Phi) is 5.38.